The quantitative estimate of drug-likeness (QED) is 0.844. The number of carbonyl (C=O) groups is 1. The Morgan fingerprint density at radius 3 is 2.95 bits per heavy atom. The van der Waals surface area contributed by atoms with E-state index in [1.54, 1.807) is 0 Å². The van der Waals surface area contributed by atoms with E-state index in [4.69, 9.17) is 0 Å². The molecule has 1 aromatic heterocycles. The van der Waals surface area contributed by atoms with Crippen LogP contribution in [0.4, 0.5) is 5.69 Å². The minimum Gasteiger partial charge on any atom is -0.320 e. The number of allylic oxidation sites excluding steroid dienone is 6. The molecule has 1 N–H and O–H groups in total. The normalized spacial score (nSPS) is 18.2. The molecule has 1 saturated carbocycles. The molecule has 0 radical (unpaired) electrons. The average Bonchev–Trinajstić information content (AvgIpc) is 2.89. The lowest BCUT2D eigenvalue weighted by molar-refractivity contribution is -0.112. The van der Waals surface area contributed by atoms with Crippen LogP contribution in [-0.4, -0.2) is 10.9 Å². The lowest BCUT2D eigenvalue weighted by Gasteiger charge is -2.09. The van der Waals surface area contributed by atoms with Crippen LogP contribution < -0.4 is 5.32 Å². The minimum atomic E-state index is -0.0720. The van der Waals surface area contributed by atoms with Gasteiger partial charge in [0.1, 0.15) is 4.60 Å². The van der Waals surface area contributed by atoms with Gasteiger partial charge in [0.25, 0.3) is 5.91 Å². The van der Waals surface area contributed by atoms with Crippen molar-refractivity contribution in [2.45, 2.75) is 13.3 Å². The maximum Gasteiger partial charge on any atom is 0.256 e. The van der Waals surface area contributed by atoms with Gasteiger partial charge in [-0.2, -0.15) is 0 Å². The summed E-state index contributed by atoms with van der Waals surface area (Å²) in [5.74, 6) is -0.0720. The van der Waals surface area contributed by atoms with Gasteiger partial charge in [-0.25, -0.2) is 4.98 Å². The summed E-state index contributed by atoms with van der Waals surface area (Å²) >= 11 is 3.32. The van der Waals surface area contributed by atoms with Crippen molar-refractivity contribution >= 4 is 27.5 Å². The molecule has 0 spiro atoms. The molecular formula is C16H11BrN2O. The van der Waals surface area contributed by atoms with Gasteiger partial charge in [0.15, 0.2) is 0 Å². The Morgan fingerprint density at radius 1 is 1.30 bits per heavy atom. The third-order valence-electron chi connectivity index (χ3n) is 3.82. The molecular weight excluding hydrogens is 316 g/mol. The summed E-state index contributed by atoms with van der Waals surface area (Å²) in [7, 11) is 0. The van der Waals surface area contributed by atoms with Gasteiger partial charge < -0.3 is 5.32 Å². The highest BCUT2D eigenvalue weighted by molar-refractivity contribution is 9.10. The maximum atomic E-state index is 12.4. The molecule has 1 fully saturated rings. The van der Waals surface area contributed by atoms with Crippen LogP contribution in [0.2, 0.25) is 0 Å². The van der Waals surface area contributed by atoms with Crippen molar-refractivity contribution in [3.8, 4) is 0 Å². The first kappa shape index (κ1) is 11.9. The Hall–Kier alpha value is -1.94. The van der Waals surface area contributed by atoms with Crippen molar-refractivity contribution in [3.63, 3.8) is 0 Å². The molecule has 1 heterocycles. The van der Waals surface area contributed by atoms with Crippen molar-refractivity contribution < 1.29 is 4.79 Å². The van der Waals surface area contributed by atoms with Crippen molar-refractivity contribution in [2.24, 2.45) is 0 Å². The van der Waals surface area contributed by atoms with Crippen molar-refractivity contribution in [2.75, 3.05) is 5.32 Å². The number of nitrogens with one attached hydrogen (secondary N) is 1. The molecule has 3 aliphatic carbocycles. The molecule has 3 nitrogen and oxygen atoms in total. The van der Waals surface area contributed by atoms with Crippen molar-refractivity contribution in [1.82, 2.24) is 4.98 Å². The molecule has 20 heavy (non-hydrogen) atoms. The molecule has 0 atom stereocenters. The molecule has 3 aliphatic rings. The first-order valence-electron chi connectivity index (χ1n) is 6.45. The molecule has 1 amide bonds. The molecule has 0 bridgehead atoms. The number of carbonyl (C=O) groups excluding carboxylic acids is 1. The molecule has 0 aliphatic heterocycles. The predicted molar refractivity (Wildman–Crippen MR) is 81.2 cm³/mol. The highest BCUT2D eigenvalue weighted by Gasteiger charge is 2.35. The van der Waals surface area contributed by atoms with E-state index in [9.17, 15) is 4.79 Å². The molecule has 4 heteroatoms. The minimum absolute atomic E-state index is 0.0720. The fourth-order valence-electron chi connectivity index (χ4n) is 2.69. The molecule has 0 unspecified atom stereocenters. The zero-order chi connectivity index (χ0) is 13.9. The largest absolute Gasteiger partial charge is 0.320 e. The summed E-state index contributed by atoms with van der Waals surface area (Å²) in [5, 5.41) is 2.94. The summed E-state index contributed by atoms with van der Waals surface area (Å²) in [4.78, 5) is 16.7. The molecule has 0 saturated heterocycles. The third-order valence-corrected chi connectivity index (χ3v) is 4.26. The number of pyridine rings is 1. The summed E-state index contributed by atoms with van der Waals surface area (Å²) in [6, 6.07) is 3.68. The Labute approximate surface area is 124 Å². The van der Waals surface area contributed by atoms with E-state index in [1.807, 2.05) is 31.2 Å². The first-order chi connectivity index (χ1) is 9.63. The van der Waals surface area contributed by atoms with Crippen LogP contribution >= 0.6 is 15.9 Å². The number of amides is 1. The highest BCUT2D eigenvalue weighted by Crippen LogP contribution is 2.51. The van der Waals surface area contributed by atoms with Crippen LogP contribution in [0.3, 0.4) is 0 Å². The van der Waals surface area contributed by atoms with Gasteiger partial charge in [-0.05, 0) is 75.9 Å². The lowest BCUT2D eigenvalue weighted by Crippen LogP contribution is -2.15. The zero-order valence-corrected chi connectivity index (χ0v) is 12.4. The number of hydrogen-bond acceptors (Lipinski definition) is 2. The van der Waals surface area contributed by atoms with Crippen molar-refractivity contribution in [1.29, 1.82) is 0 Å². The first-order valence-corrected chi connectivity index (χ1v) is 7.24. The smallest absolute Gasteiger partial charge is 0.256 e. The number of aromatic nitrogens is 1. The van der Waals surface area contributed by atoms with Crippen LogP contribution in [0.25, 0.3) is 0 Å². The summed E-state index contributed by atoms with van der Waals surface area (Å²) < 4.78 is 0.767. The average molecular weight is 327 g/mol. The molecule has 0 aromatic carbocycles. The predicted octanol–water partition coefficient (Wildman–Crippen LogP) is 3.60. The number of fused-ring (bicyclic) bond motifs is 2. The van der Waals surface area contributed by atoms with E-state index in [-0.39, 0.29) is 5.91 Å². The third kappa shape index (κ3) is 1.72. The van der Waals surface area contributed by atoms with Crippen LogP contribution in [0.1, 0.15) is 12.1 Å². The van der Waals surface area contributed by atoms with Gasteiger partial charge in [0.05, 0.1) is 11.4 Å². The van der Waals surface area contributed by atoms with E-state index in [0.29, 0.717) is 0 Å². The number of halogens is 1. The summed E-state index contributed by atoms with van der Waals surface area (Å²) in [5.41, 5.74) is 7.38. The van der Waals surface area contributed by atoms with Gasteiger partial charge in [-0.15, -0.1) is 0 Å². The van der Waals surface area contributed by atoms with Gasteiger partial charge in [0, 0.05) is 5.57 Å². The van der Waals surface area contributed by atoms with Crippen LogP contribution in [0.5, 0.6) is 0 Å². The molecule has 98 valence electrons. The Morgan fingerprint density at radius 2 is 2.15 bits per heavy atom. The van der Waals surface area contributed by atoms with Crippen LogP contribution in [0, 0.1) is 6.92 Å². The van der Waals surface area contributed by atoms with E-state index in [2.05, 4.69) is 32.3 Å². The number of rotatable bonds is 2. The van der Waals surface area contributed by atoms with Crippen LogP contribution in [-0.2, 0) is 4.79 Å². The van der Waals surface area contributed by atoms with Gasteiger partial charge in [0.2, 0.25) is 0 Å². The zero-order valence-electron chi connectivity index (χ0n) is 10.8. The van der Waals surface area contributed by atoms with Crippen LogP contribution in [0.15, 0.2) is 62.8 Å². The maximum absolute atomic E-state index is 12.4. The summed E-state index contributed by atoms with van der Waals surface area (Å²) in [6.07, 6.45) is 7.17. The lowest BCUT2D eigenvalue weighted by atomic mass is 10.1. The molecule has 4 rings (SSSR count). The second kappa shape index (κ2) is 4.03. The standard InChI is InChI=1S/C16H11BrN2O/c1-8-14(4-5-15(17)18-8)19-16(20)11-3-2-10-12-6-9(12)7-13(10)11/h2-5,7H,6H2,1H3,(H,19,20). The number of nitrogens with zero attached hydrogens (tertiary/aromatic N) is 1. The summed E-state index contributed by atoms with van der Waals surface area (Å²) in [6.45, 7) is 1.88. The highest BCUT2D eigenvalue weighted by atomic mass is 79.9. The topological polar surface area (TPSA) is 42.0 Å². The number of anilines is 1. The fourth-order valence-corrected chi connectivity index (χ4v) is 3.09. The second-order valence-electron chi connectivity index (χ2n) is 5.12. The van der Waals surface area contributed by atoms with E-state index in [1.165, 1.54) is 16.7 Å². The van der Waals surface area contributed by atoms with E-state index in [0.717, 1.165) is 33.6 Å². The van der Waals surface area contributed by atoms with Gasteiger partial charge >= 0.3 is 0 Å². The SMILES string of the molecule is Cc1nc(Br)ccc1NC(=O)C1=C2C=C3CC3=C2C=C1. The van der Waals surface area contributed by atoms with Crippen molar-refractivity contribution in [3.05, 3.63) is 68.5 Å². The fraction of sp³-hybridized carbons (Fsp3) is 0.125. The number of aryl methyl sites for hydroxylation is 1. The van der Waals surface area contributed by atoms with E-state index < -0.39 is 0 Å². The molecule has 1 aromatic rings. The monoisotopic (exact) mass is 326 g/mol. The van der Waals surface area contributed by atoms with Gasteiger partial charge in [-0.3, -0.25) is 4.79 Å². The Bertz CT molecular complexity index is 797. The van der Waals surface area contributed by atoms with Gasteiger partial charge in [-0.1, -0.05) is 6.08 Å². The number of hydrogen-bond donors (Lipinski definition) is 1. The second-order valence-corrected chi connectivity index (χ2v) is 5.93. The Kier molecular flexibility index (Phi) is 2.39. The van der Waals surface area contributed by atoms with E-state index >= 15 is 0 Å². The Balaban J connectivity index is 1.64.